The molecule has 0 saturated carbocycles. The van der Waals surface area contributed by atoms with Crippen LogP contribution in [0.2, 0.25) is 0 Å². The normalized spacial score (nSPS) is 21.3. The summed E-state index contributed by atoms with van der Waals surface area (Å²) in [7, 11) is 0. The number of carbonyl (C=O) groups excluding carboxylic acids is 2. The number of nitrogens with zero attached hydrogens (tertiary/aromatic N) is 3. The lowest BCUT2D eigenvalue weighted by atomic mass is 9.84. The highest BCUT2D eigenvalue weighted by molar-refractivity contribution is 6.07. The number of nitrogens with one attached hydrogen (secondary N) is 1. The topological polar surface area (TPSA) is 111 Å². The molecule has 9 nitrogen and oxygen atoms in total. The average Bonchev–Trinajstić information content (AvgIpc) is 3.40. The molecule has 1 N–H and O–H groups in total. The number of urea groups is 1. The zero-order valence-corrected chi connectivity index (χ0v) is 14.0. The molecule has 1 atom stereocenters. The monoisotopic (exact) mass is 366 g/mol. The average molecular weight is 366 g/mol. The molecule has 1 aromatic carbocycles. The van der Waals surface area contributed by atoms with Gasteiger partial charge in [0.05, 0.1) is 12.9 Å². The van der Waals surface area contributed by atoms with E-state index in [0.717, 1.165) is 4.90 Å². The van der Waals surface area contributed by atoms with Gasteiger partial charge in [0.25, 0.3) is 11.8 Å². The SMILES string of the molecule is O=C1NC2(CCOc3ccccc32)C(=O)N1Cc1nnc(-c2ccco2)o1. The van der Waals surface area contributed by atoms with Gasteiger partial charge in [-0.3, -0.25) is 9.69 Å². The summed E-state index contributed by atoms with van der Waals surface area (Å²) in [4.78, 5) is 26.8. The zero-order chi connectivity index (χ0) is 18.4. The second-order valence-corrected chi connectivity index (χ2v) is 6.30. The van der Waals surface area contributed by atoms with Gasteiger partial charge < -0.3 is 18.9 Å². The largest absolute Gasteiger partial charge is 0.493 e. The van der Waals surface area contributed by atoms with Crippen molar-refractivity contribution < 1.29 is 23.2 Å². The number of carbonyl (C=O) groups is 2. The lowest BCUT2D eigenvalue weighted by molar-refractivity contribution is -0.133. The van der Waals surface area contributed by atoms with E-state index in [2.05, 4.69) is 15.5 Å². The maximum atomic E-state index is 13.2. The van der Waals surface area contributed by atoms with Crippen molar-refractivity contribution in [2.24, 2.45) is 0 Å². The number of furan rings is 1. The first-order valence-corrected chi connectivity index (χ1v) is 8.40. The fraction of sp³-hybridized carbons (Fsp3) is 0.222. The molecule has 2 aromatic heterocycles. The Hall–Kier alpha value is -3.62. The van der Waals surface area contributed by atoms with Crippen molar-refractivity contribution in [2.45, 2.75) is 18.5 Å². The van der Waals surface area contributed by atoms with Crippen LogP contribution in [0, 0.1) is 0 Å². The van der Waals surface area contributed by atoms with Crippen LogP contribution in [0.25, 0.3) is 11.7 Å². The van der Waals surface area contributed by atoms with Gasteiger partial charge in [0.15, 0.2) is 11.3 Å². The number of hydrogen-bond donors (Lipinski definition) is 1. The Balaban J connectivity index is 1.44. The molecule has 2 aliphatic rings. The number of aromatic nitrogens is 2. The second kappa shape index (κ2) is 5.70. The third-order valence-corrected chi connectivity index (χ3v) is 4.75. The highest BCUT2D eigenvalue weighted by atomic mass is 16.5. The zero-order valence-electron chi connectivity index (χ0n) is 14.0. The Morgan fingerprint density at radius 2 is 2.04 bits per heavy atom. The summed E-state index contributed by atoms with van der Waals surface area (Å²) in [5.74, 6) is 0.981. The van der Waals surface area contributed by atoms with E-state index in [1.54, 1.807) is 24.3 Å². The third kappa shape index (κ3) is 2.31. The van der Waals surface area contributed by atoms with Gasteiger partial charge in [0.1, 0.15) is 12.3 Å². The van der Waals surface area contributed by atoms with Crippen molar-refractivity contribution >= 4 is 11.9 Å². The van der Waals surface area contributed by atoms with E-state index >= 15 is 0 Å². The predicted octanol–water partition coefficient (Wildman–Crippen LogP) is 2.06. The molecule has 1 spiro atoms. The van der Waals surface area contributed by atoms with Crippen LogP contribution in [0.4, 0.5) is 4.79 Å². The van der Waals surface area contributed by atoms with Crippen LogP contribution in [-0.4, -0.2) is 33.6 Å². The van der Waals surface area contributed by atoms with Crippen molar-refractivity contribution in [3.8, 4) is 17.4 Å². The first-order chi connectivity index (χ1) is 13.2. The van der Waals surface area contributed by atoms with Crippen molar-refractivity contribution in [2.75, 3.05) is 6.61 Å². The molecule has 2 aliphatic heterocycles. The van der Waals surface area contributed by atoms with Crippen LogP contribution < -0.4 is 10.1 Å². The van der Waals surface area contributed by atoms with Crippen LogP contribution >= 0.6 is 0 Å². The smallest absolute Gasteiger partial charge is 0.325 e. The molecule has 4 heterocycles. The van der Waals surface area contributed by atoms with E-state index < -0.39 is 11.6 Å². The first kappa shape index (κ1) is 15.6. The highest BCUT2D eigenvalue weighted by Crippen LogP contribution is 2.41. The van der Waals surface area contributed by atoms with Gasteiger partial charge in [-0.25, -0.2) is 4.79 Å². The number of amides is 3. The number of ether oxygens (including phenoxy) is 1. The number of fused-ring (bicyclic) bond motifs is 2. The number of imide groups is 1. The van der Waals surface area contributed by atoms with Crippen molar-refractivity contribution in [1.82, 2.24) is 20.4 Å². The lowest BCUT2D eigenvalue weighted by Crippen LogP contribution is -2.47. The van der Waals surface area contributed by atoms with Gasteiger partial charge >= 0.3 is 6.03 Å². The van der Waals surface area contributed by atoms with E-state index in [1.807, 2.05) is 12.1 Å². The Labute approximate surface area is 152 Å². The third-order valence-electron chi connectivity index (χ3n) is 4.75. The molecule has 5 rings (SSSR count). The number of rotatable bonds is 3. The van der Waals surface area contributed by atoms with E-state index in [0.29, 0.717) is 30.1 Å². The Kier molecular flexibility index (Phi) is 3.30. The summed E-state index contributed by atoms with van der Waals surface area (Å²) in [5, 5.41) is 10.6. The lowest BCUT2D eigenvalue weighted by Gasteiger charge is -2.33. The summed E-state index contributed by atoms with van der Waals surface area (Å²) < 4.78 is 16.3. The fourth-order valence-electron chi connectivity index (χ4n) is 3.47. The quantitative estimate of drug-likeness (QED) is 0.706. The fourth-order valence-corrected chi connectivity index (χ4v) is 3.47. The molecule has 1 unspecified atom stereocenters. The van der Waals surface area contributed by atoms with Crippen molar-refractivity contribution in [3.63, 3.8) is 0 Å². The van der Waals surface area contributed by atoms with Crippen LogP contribution in [0.3, 0.4) is 0 Å². The molecule has 27 heavy (non-hydrogen) atoms. The molecule has 3 aromatic rings. The number of para-hydroxylation sites is 1. The van der Waals surface area contributed by atoms with Crippen molar-refractivity contribution in [3.05, 3.63) is 54.1 Å². The molecule has 136 valence electrons. The summed E-state index contributed by atoms with van der Waals surface area (Å²) >= 11 is 0. The van der Waals surface area contributed by atoms with E-state index in [9.17, 15) is 9.59 Å². The highest BCUT2D eigenvalue weighted by Gasteiger charge is 2.55. The summed E-state index contributed by atoms with van der Waals surface area (Å²) in [6.45, 7) is 0.212. The van der Waals surface area contributed by atoms with Crippen LogP contribution in [-0.2, 0) is 16.9 Å². The molecular formula is C18H14N4O5. The summed E-state index contributed by atoms with van der Waals surface area (Å²) in [5.41, 5.74) is -0.477. The molecular weight excluding hydrogens is 352 g/mol. The molecule has 0 radical (unpaired) electrons. The second-order valence-electron chi connectivity index (χ2n) is 6.30. The van der Waals surface area contributed by atoms with Crippen LogP contribution in [0.15, 0.2) is 51.5 Å². The van der Waals surface area contributed by atoms with Gasteiger partial charge in [0, 0.05) is 12.0 Å². The summed E-state index contributed by atoms with van der Waals surface area (Å²) in [6.07, 6.45) is 1.84. The van der Waals surface area contributed by atoms with Gasteiger partial charge in [-0.1, -0.05) is 18.2 Å². The minimum atomic E-state index is -1.13. The predicted molar refractivity (Wildman–Crippen MR) is 89.3 cm³/mol. The summed E-state index contributed by atoms with van der Waals surface area (Å²) in [6, 6.07) is 10.1. The van der Waals surface area contributed by atoms with Crippen molar-refractivity contribution in [1.29, 1.82) is 0 Å². The molecule has 3 amide bonds. The molecule has 1 fully saturated rings. The number of hydrogen-bond acceptors (Lipinski definition) is 7. The maximum Gasteiger partial charge on any atom is 0.325 e. The molecule has 1 saturated heterocycles. The van der Waals surface area contributed by atoms with E-state index in [-0.39, 0.29) is 24.2 Å². The first-order valence-electron chi connectivity index (χ1n) is 8.40. The minimum absolute atomic E-state index is 0.122. The standard InChI is InChI=1S/C18H14N4O5/c23-16-18(7-9-26-12-5-2-1-4-11(12)18)19-17(24)22(16)10-14-20-21-15(27-14)13-6-3-8-25-13/h1-6,8H,7,9-10H2,(H,19,24). The van der Waals surface area contributed by atoms with Gasteiger partial charge in [0.2, 0.25) is 5.89 Å². The Morgan fingerprint density at radius 1 is 1.15 bits per heavy atom. The van der Waals surface area contributed by atoms with Crippen LogP contribution in [0.5, 0.6) is 5.75 Å². The molecule has 9 heteroatoms. The van der Waals surface area contributed by atoms with Gasteiger partial charge in [-0.05, 0) is 18.2 Å². The molecule has 0 aliphatic carbocycles. The number of benzene rings is 1. The maximum absolute atomic E-state index is 13.2. The van der Waals surface area contributed by atoms with E-state index in [4.69, 9.17) is 13.6 Å². The Morgan fingerprint density at radius 3 is 2.89 bits per heavy atom. The van der Waals surface area contributed by atoms with Crippen LogP contribution in [0.1, 0.15) is 17.9 Å². The van der Waals surface area contributed by atoms with E-state index in [1.165, 1.54) is 6.26 Å². The Bertz CT molecular complexity index is 1030. The minimum Gasteiger partial charge on any atom is -0.493 e. The van der Waals surface area contributed by atoms with Gasteiger partial charge in [-0.2, -0.15) is 0 Å². The van der Waals surface area contributed by atoms with Gasteiger partial charge in [-0.15, -0.1) is 10.2 Å². The molecule has 0 bridgehead atoms.